The Kier molecular flexibility index (Phi) is 5.45. The molecular formula is C12H18N4O3S2. The van der Waals surface area contributed by atoms with Crippen molar-refractivity contribution in [2.45, 2.75) is 37.8 Å². The van der Waals surface area contributed by atoms with E-state index in [0.29, 0.717) is 29.7 Å². The van der Waals surface area contributed by atoms with E-state index < -0.39 is 10.0 Å². The fourth-order valence-electron chi connectivity index (χ4n) is 1.67. The van der Waals surface area contributed by atoms with Crippen molar-refractivity contribution in [2.24, 2.45) is 0 Å². The number of nitrogens with zero attached hydrogens (tertiary/aromatic N) is 2. The van der Waals surface area contributed by atoms with Gasteiger partial charge in [-0.15, -0.1) is 11.3 Å². The molecule has 2 N–H and O–H groups in total. The van der Waals surface area contributed by atoms with E-state index in [1.165, 1.54) is 17.7 Å². The standard InChI is InChI=1S/C12H18N4O3S2/c1-9(2)13-7-10-11(4-6-20-10)21(17,18)15-5-3-12-14-8-19-16-12/h4,6,8-9,13,15H,3,5,7H2,1-2H3. The maximum Gasteiger partial charge on any atom is 0.241 e. The number of sulfonamides is 1. The summed E-state index contributed by atoms with van der Waals surface area (Å²) in [6, 6.07) is 1.92. The lowest BCUT2D eigenvalue weighted by Crippen LogP contribution is -2.28. The third-order valence-corrected chi connectivity index (χ3v) is 5.31. The first-order valence-electron chi connectivity index (χ1n) is 6.53. The van der Waals surface area contributed by atoms with Gasteiger partial charge in [-0.3, -0.25) is 0 Å². The first-order chi connectivity index (χ1) is 9.99. The van der Waals surface area contributed by atoms with Crippen LogP contribution in [0.2, 0.25) is 0 Å². The van der Waals surface area contributed by atoms with Crippen LogP contribution in [0.3, 0.4) is 0 Å². The van der Waals surface area contributed by atoms with Crippen LogP contribution in [-0.4, -0.2) is 31.1 Å². The van der Waals surface area contributed by atoms with Gasteiger partial charge >= 0.3 is 0 Å². The highest BCUT2D eigenvalue weighted by atomic mass is 32.2. The third-order valence-electron chi connectivity index (χ3n) is 2.71. The summed E-state index contributed by atoms with van der Waals surface area (Å²) in [5, 5.41) is 8.64. The van der Waals surface area contributed by atoms with Crippen molar-refractivity contribution in [3.8, 4) is 0 Å². The van der Waals surface area contributed by atoms with E-state index in [0.717, 1.165) is 4.88 Å². The van der Waals surface area contributed by atoms with Crippen molar-refractivity contribution in [1.82, 2.24) is 20.2 Å². The molecule has 0 fully saturated rings. The Morgan fingerprint density at radius 1 is 1.43 bits per heavy atom. The molecule has 0 aromatic carbocycles. The summed E-state index contributed by atoms with van der Waals surface area (Å²) in [6.45, 7) is 4.81. The lowest BCUT2D eigenvalue weighted by molar-refractivity contribution is 0.410. The minimum absolute atomic E-state index is 0.231. The van der Waals surface area contributed by atoms with Gasteiger partial charge in [0.2, 0.25) is 16.4 Å². The lowest BCUT2D eigenvalue weighted by Gasteiger charge is -2.09. The van der Waals surface area contributed by atoms with Gasteiger partial charge in [-0.1, -0.05) is 19.0 Å². The second-order valence-electron chi connectivity index (χ2n) is 4.74. The summed E-state index contributed by atoms with van der Waals surface area (Å²) in [5.41, 5.74) is 0. The van der Waals surface area contributed by atoms with Crippen LogP contribution < -0.4 is 10.0 Å². The number of hydrogen-bond acceptors (Lipinski definition) is 7. The van der Waals surface area contributed by atoms with E-state index in [9.17, 15) is 8.42 Å². The molecule has 0 unspecified atom stereocenters. The summed E-state index contributed by atoms with van der Waals surface area (Å²) in [4.78, 5) is 4.97. The average molecular weight is 330 g/mol. The van der Waals surface area contributed by atoms with Gasteiger partial charge in [0.25, 0.3) is 0 Å². The zero-order valence-electron chi connectivity index (χ0n) is 11.9. The van der Waals surface area contributed by atoms with E-state index in [2.05, 4.69) is 24.7 Å². The third kappa shape index (κ3) is 4.60. The highest BCUT2D eigenvalue weighted by Crippen LogP contribution is 2.21. The molecule has 2 heterocycles. The fourth-order valence-corrected chi connectivity index (χ4v) is 4.10. The Labute approximate surface area is 127 Å². The first kappa shape index (κ1) is 16.1. The molecular weight excluding hydrogens is 312 g/mol. The quantitative estimate of drug-likeness (QED) is 0.753. The molecule has 7 nitrogen and oxygen atoms in total. The molecule has 0 aliphatic heterocycles. The molecule has 0 radical (unpaired) electrons. The summed E-state index contributed by atoms with van der Waals surface area (Å²) in [5.74, 6) is 0.477. The summed E-state index contributed by atoms with van der Waals surface area (Å²) < 4.78 is 31.7. The molecule has 0 bridgehead atoms. The largest absolute Gasteiger partial charge is 0.343 e. The number of aromatic nitrogens is 2. The molecule has 116 valence electrons. The summed E-state index contributed by atoms with van der Waals surface area (Å²) in [6.07, 6.45) is 1.61. The number of nitrogens with one attached hydrogen (secondary N) is 2. The van der Waals surface area contributed by atoms with Crippen LogP contribution in [0.25, 0.3) is 0 Å². The predicted octanol–water partition coefficient (Wildman–Crippen LogP) is 1.15. The van der Waals surface area contributed by atoms with Crippen molar-refractivity contribution in [3.05, 3.63) is 28.5 Å². The van der Waals surface area contributed by atoms with Gasteiger partial charge in [0, 0.05) is 30.4 Å². The number of hydrogen-bond donors (Lipinski definition) is 2. The number of rotatable bonds is 8. The van der Waals surface area contributed by atoms with Gasteiger partial charge in [0.05, 0.1) is 4.90 Å². The lowest BCUT2D eigenvalue weighted by atomic mass is 10.4. The van der Waals surface area contributed by atoms with Crippen molar-refractivity contribution in [1.29, 1.82) is 0 Å². The molecule has 0 spiro atoms. The van der Waals surface area contributed by atoms with Crippen LogP contribution in [0.4, 0.5) is 0 Å². The minimum atomic E-state index is -3.51. The highest BCUT2D eigenvalue weighted by molar-refractivity contribution is 7.89. The monoisotopic (exact) mass is 330 g/mol. The van der Waals surface area contributed by atoms with Crippen LogP contribution in [-0.2, 0) is 23.0 Å². The maximum absolute atomic E-state index is 12.3. The average Bonchev–Trinajstić information content (AvgIpc) is 3.07. The fraction of sp³-hybridized carbons (Fsp3) is 0.500. The smallest absolute Gasteiger partial charge is 0.241 e. The second kappa shape index (κ2) is 7.12. The molecule has 0 amide bonds. The molecule has 2 aromatic rings. The van der Waals surface area contributed by atoms with E-state index in [1.54, 1.807) is 11.4 Å². The van der Waals surface area contributed by atoms with Gasteiger partial charge in [0.15, 0.2) is 5.82 Å². The SMILES string of the molecule is CC(C)NCc1sccc1S(=O)(=O)NCCc1ncon1. The normalized spacial score (nSPS) is 12.1. The maximum atomic E-state index is 12.3. The van der Waals surface area contributed by atoms with Crippen molar-refractivity contribution < 1.29 is 12.9 Å². The van der Waals surface area contributed by atoms with Gasteiger partial charge < -0.3 is 9.84 Å². The molecule has 2 aromatic heterocycles. The number of thiophene rings is 1. The molecule has 0 saturated heterocycles. The van der Waals surface area contributed by atoms with Crippen LogP contribution in [0.1, 0.15) is 24.5 Å². The van der Waals surface area contributed by atoms with Crippen molar-refractivity contribution >= 4 is 21.4 Å². The zero-order valence-corrected chi connectivity index (χ0v) is 13.5. The predicted molar refractivity (Wildman–Crippen MR) is 79.5 cm³/mol. The Morgan fingerprint density at radius 3 is 2.90 bits per heavy atom. The zero-order chi connectivity index (χ0) is 15.3. The Morgan fingerprint density at radius 2 is 2.24 bits per heavy atom. The minimum Gasteiger partial charge on any atom is -0.343 e. The van der Waals surface area contributed by atoms with E-state index in [4.69, 9.17) is 0 Å². The van der Waals surface area contributed by atoms with Gasteiger partial charge in [0.1, 0.15) is 0 Å². The molecule has 9 heteroatoms. The Bertz CT molecular complexity index is 650. The Hall–Kier alpha value is -1.29. The van der Waals surface area contributed by atoms with E-state index >= 15 is 0 Å². The Balaban J connectivity index is 1.97. The molecule has 21 heavy (non-hydrogen) atoms. The molecule has 0 saturated carbocycles. The van der Waals surface area contributed by atoms with Crippen LogP contribution in [0, 0.1) is 0 Å². The van der Waals surface area contributed by atoms with Gasteiger partial charge in [-0.25, -0.2) is 13.1 Å². The molecule has 0 aliphatic carbocycles. The van der Waals surface area contributed by atoms with E-state index in [1.807, 2.05) is 13.8 Å². The van der Waals surface area contributed by atoms with E-state index in [-0.39, 0.29) is 6.54 Å². The van der Waals surface area contributed by atoms with Gasteiger partial charge in [-0.05, 0) is 11.4 Å². The molecule has 2 rings (SSSR count). The summed E-state index contributed by atoms with van der Waals surface area (Å²) >= 11 is 1.43. The molecule has 0 atom stereocenters. The van der Waals surface area contributed by atoms with Gasteiger partial charge in [-0.2, -0.15) is 4.98 Å². The van der Waals surface area contributed by atoms with Crippen LogP contribution >= 0.6 is 11.3 Å². The topological polar surface area (TPSA) is 97.1 Å². The van der Waals surface area contributed by atoms with Crippen LogP contribution in [0.5, 0.6) is 0 Å². The second-order valence-corrected chi connectivity index (χ2v) is 7.47. The van der Waals surface area contributed by atoms with Crippen molar-refractivity contribution in [2.75, 3.05) is 6.54 Å². The summed E-state index contributed by atoms with van der Waals surface area (Å²) in [7, 11) is -3.51. The van der Waals surface area contributed by atoms with Crippen molar-refractivity contribution in [3.63, 3.8) is 0 Å². The first-order valence-corrected chi connectivity index (χ1v) is 8.90. The molecule has 0 aliphatic rings. The highest BCUT2D eigenvalue weighted by Gasteiger charge is 2.19. The van der Waals surface area contributed by atoms with Crippen LogP contribution in [0.15, 0.2) is 27.3 Å².